The van der Waals surface area contributed by atoms with Crippen molar-refractivity contribution in [3.05, 3.63) is 71.3 Å². The number of ether oxygens (including phenoxy) is 1. The molecule has 28 heavy (non-hydrogen) atoms. The third-order valence-electron chi connectivity index (χ3n) is 3.84. The summed E-state index contributed by atoms with van der Waals surface area (Å²) in [7, 11) is 0. The van der Waals surface area contributed by atoms with Crippen LogP contribution in [0, 0.1) is 0 Å². The van der Waals surface area contributed by atoms with E-state index in [0.29, 0.717) is 29.1 Å². The molecular formula is C21H25NO5S. The fourth-order valence-electron chi connectivity index (χ4n) is 2.17. The molecule has 3 N–H and O–H groups in total. The van der Waals surface area contributed by atoms with Crippen LogP contribution >= 0.6 is 12.6 Å². The molecule has 0 radical (unpaired) electrons. The van der Waals surface area contributed by atoms with Gasteiger partial charge in [-0.05, 0) is 25.5 Å². The van der Waals surface area contributed by atoms with Crippen molar-refractivity contribution in [2.45, 2.75) is 25.8 Å². The molecule has 0 spiro atoms. The highest BCUT2D eigenvalue weighted by molar-refractivity contribution is 7.80. The Morgan fingerprint density at radius 3 is 2.21 bits per heavy atom. The summed E-state index contributed by atoms with van der Waals surface area (Å²) in [6.45, 7) is 3.72. The van der Waals surface area contributed by atoms with E-state index in [2.05, 4.69) is 17.4 Å². The Morgan fingerprint density at radius 1 is 1.07 bits per heavy atom. The van der Waals surface area contributed by atoms with E-state index in [1.54, 1.807) is 62.4 Å². The molecule has 0 aromatic heterocycles. The van der Waals surface area contributed by atoms with Crippen LogP contribution in [0.4, 0.5) is 0 Å². The molecule has 0 amide bonds. The van der Waals surface area contributed by atoms with Gasteiger partial charge in [0.1, 0.15) is 6.04 Å². The topological polar surface area (TPSA) is 107 Å². The standard InChI is InChI=1S/C16H14O3.C5H11NO2S/c1-11(16(18)19)13-8-5-9-14(10-13)15(17)12-6-3-2-4-7-12;1-2-8-5(7)4(6)3-9/h2-11H,1H3,(H,18,19);4,9H,2-3,6H2,1H3/t;4-/m.0/s1. The van der Waals surface area contributed by atoms with Gasteiger partial charge in [0.15, 0.2) is 5.78 Å². The Balaban J connectivity index is 0.000000370. The van der Waals surface area contributed by atoms with Crippen molar-refractivity contribution in [3.8, 4) is 0 Å². The molecule has 0 saturated carbocycles. The third kappa shape index (κ3) is 7.17. The van der Waals surface area contributed by atoms with Crippen molar-refractivity contribution in [2.75, 3.05) is 12.4 Å². The molecule has 1 unspecified atom stereocenters. The van der Waals surface area contributed by atoms with Crippen LogP contribution in [-0.4, -0.2) is 41.2 Å². The number of carboxylic acid groups (broad SMARTS) is 1. The number of hydrogen-bond acceptors (Lipinski definition) is 6. The van der Waals surface area contributed by atoms with Crippen LogP contribution in [0.3, 0.4) is 0 Å². The number of carboxylic acids is 1. The Hall–Kier alpha value is -2.64. The summed E-state index contributed by atoms with van der Waals surface area (Å²) in [5.41, 5.74) is 7.00. The number of carbonyl (C=O) groups excluding carboxylic acids is 2. The molecular weight excluding hydrogens is 378 g/mol. The maximum absolute atomic E-state index is 12.2. The number of ketones is 1. The highest BCUT2D eigenvalue weighted by Gasteiger charge is 2.16. The van der Waals surface area contributed by atoms with Crippen LogP contribution < -0.4 is 5.73 Å². The molecule has 0 saturated heterocycles. The normalized spacial score (nSPS) is 12.1. The van der Waals surface area contributed by atoms with E-state index in [9.17, 15) is 14.4 Å². The minimum Gasteiger partial charge on any atom is -0.481 e. The van der Waals surface area contributed by atoms with Crippen LogP contribution in [0.25, 0.3) is 0 Å². The molecule has 0 aliphatic heterocycles. The zero-order valence-electron chi connectivity index (χ0n) is 15.9. The first-order valence-corrected chi connectivity index (χ1v) is 9.40. The van der Waals surface area contributed by atoms with E-state index < -0.39 is 17.9 Å². The molecule has 2 rings (SSSR count). The van der Waals surface area contributed by atoms with Crippen molar-refractivity contribution >= 4 is 30.4 Å². The Bertz CT molecular complexity index is 794. The SMILES string of the molecule is CC(C(=O)O)c1cccc(C(=O)c2ccccc2)c1.CCOC(=O)[C@@H](N)CS. The number of aliphatic carboxylic acids is 1. The quantitative estimate of drug-likeness (QED) is 0.373. The van der Waals surface area contributed by atoms with Gasteiger partial charge in [-0.15, -0.1) is 0 Å². The molecule has 2 aromatic carbocycles. The van der Waals surface area contributed by atoms with Gasteiger partial charge < -0.3 is 15.6 Å². The van der Waals surface area contributed by atoms with E-state index in [1.807, 2.05) is 6.07 Å². The highest BCUT2D eigenvalue weighted by Crippen LogP contribution is 2.18. The zero-order chi connectivity index (χ0) is 21.1. The van der Waals surface area contributed by atoms with E-state index in [0.717, 1.165) is 0 Å². The van der Waals surface area contributed by atoms with Crippen LogP contribution in [0.5, 0.6) is 0 Å². The van der Waals surface area contributed by atoms with Gasteiger partial charge in [0, 0.05) is 16.9 Å². The number of carbonyl (C=O) groups is 3. The fourth-order valence-corrected chi connectivity index (χ4v) is 2.32. The Morgan fingerprint density at radius 2 is 1.68 bits per heavy atom. The van der Waals surface area contributed by atoms with Crippen LogP contribution in [0.1, 0.15) is 41.3 Å². The molecule has 0 heterocycles. The molecule has 6 nitrogen and oxygen atoms in total. The van der Waals surface area contributed by atoms with E-state index in [4.69, 9.17) is 10.8 Å². The lowest BCUT2D eigenvalue weighted by Gasteiger charge is -2.08. The summed E-state index contributed by atoms with van der Waals surface area (Å²) in [5.74, 6) is -1.67. The van der Waals surface area contributed by atoms with E-state index >= 15 is 0 Å². The van der Waals surface area contributed by atoms with Crippen molar-refractivity contribution in [1.29, 1.82) is 0 Å². The van der Waals surface area contributed by atoms with Gasteiger partial charge in [-0.1, -0.05) is 48.5 Å². The zero-order valence-corrected chi connectivity index (χ0v) is 16.8. The molecule has 0 bridgehead atoms. The largest absolute Gasteiger partial charge is 0.481 e. The summed E-state index contributed by atoms with van der Waals surface area (Å²) in [4.78, 5) is 33.8. The number of hydrogen-bond donors (Lipinski definition) is 3. The van der Waals surface area contributed by atoms with Gasteiger partial charge in [0.25, 0.3) is 0 Å². The first-order chi connectivity index (χ1) is 13.3. The second kappa shape index (κ2) is 11.9. The van der Waals surface area contributed by atoms with Crippen molar-refractivity contribution < 1.29 is 24.2 Å². The van der Waals surface area contributed by atoms with Gasteiger partial charge in [-0.3, -0.25) is 14.4 Å². The molecule has 2 aromatic rings. The number of benzene rings is 2. The van der Waals surface area contributed by atoms with E-state index in [-0.39, 0.29) is 11.8 Å². The molecule has 0 fully saturated rings. The Labute approximate surface area is 170 Å². The van der Waals surface area contributed by atoms with Crippen LogP contribution in [-0.2, 0) is 14.3 Å². The number of esters is 1. The Kier molecular flexibility index (Phi) is 9.98. The maximum atomic E-state index is 12.2. The average Bonchev–Trinajstić information content (AvgIpc) is 2.73. The minimum atomic E-state index is -0.899. The summed E-state index contributed by atoms with van der Waals surface area (Å²) in [6.07, 6.45) is 0. The summed E-state index contributed by atoms with van der Waals surface area (Å²) in [6, 6.07) is 15.2. The molecule has 7 heteroatoms. The number of nitrogens with two attached hydrogens (primary N) is 1. The summed E-state index contributed by atoms with van der Waals surface area (Å²) in [5, 5.41) is 9.00. The average molecular weight is 404 g/mol. The van der Waals surface area contributed by atoms with Crippen molar-refractivity contribution in [2.24, 2.45) is 5.73 Å². The second-order valence-electron chi connectivity index (χ2n) is 5.92. The van der Waals surface area contributed by atoms with Crippen molar-refractivity contribution in [1.82, 2.24) is 0 Å². The third-order valence-corrected chi connectivity index (χ3v) is 4.23. The lowest BCUT2D eigenvalue weighted by atomic mass is 9.96. The van der Waals surface area contributed by atoms with Crippen LogP contribution in [0.2, 0.25) is 0 Å². The first-order valence-electron chi connectivity index (χ1n) is 8.77. The van der Waals surface area contributed by atoms with Crippen LogP contribution in [0.15, 0.2) is 54.6 Å². The van der Waals surface area contributed by atoms with Gasteiger partial charge in [0.05, 0.1) is 12.5 Å². The second-order valence-corrected chi connectivity index (χ2v) is 6.29. The van der Waals surface area contributed by atoms with E-state index in [1.165, 1.54) is 0 Å². The predicted molar refractivity (Wildman–Crippen MR) is 111 cm³/mol. The van der Waals surface area contributed by atoms with Crippen molar-refractivity contribution in [3.63, 3.8) is 0 Å². The lowest BCUT2D eigenvalue weighted by Crippen LogP contribution is -2.33. The number of thiol groups is 1. The maximum Gasteiger partial charge on any atom is 0.323 e. The minimum absolute atomic E-state index is 0.0972. The van der Waals surface area contributed by atoms with Gasteiger partial charge in [-0.2, -0.15) is 12.6 Å². The summed E-state index contributed by atoms with van der Waals surface area (Å²) < 4.78 is 4.58. The predicted octanol–water partition coefficient (Wildman–Crippen LogP) is 2.91. The lowest BCUT2D eigenvalue weighted by molar-refractivity contribution is -0.144. The molecule has 0 aliphatic rings. The summed E-state index contributed by atoms with van der Waals surface area (Å²) >= 11 is 3.82. The fraction of sp³-hybridized carbons (Fsp3) is 0.286. The smallest absolute Gasteiger partial charge is 0.323 e. The molecule has 2 atom stereocenters. The monoisotopic (exact) mass is 403 g/mol. The van der Waals surface area contributed by atoms with Gasteiger partial charge in [0.2, 0.25) is 0 Å². The van der Waals surface area contributed by atoms with Gasteiger partial charge in [-0.25, -0.2) is 0 Å². The number of rotatable bonds is 7. The highest BCUT2D eigenvalue weighted by atomic mass is 32.1. The molecule has 0 aliphatic carbocycles. The molecule has 150 valence electrons. The first kappa shape index (κ1) is 23.4. The van der Waals surface area contributed by atoms with Gasteiger partial charge >= 0.3 is 11.9 Å².